The summed E-state index contributed by atoms with van der Waals surface area (Å²) in [6, 6.07) is 6.87. The monoisotopic (exact) mass is 487 g/mol. The number of hydrogen-bond acceptors (Lipinski definition) is 7. The number of rotatable bonds is 7. The van der Waals surface area contributed by atoms with Crippen LogP contribution in [0.2, 0.25) is 0 Å². The Morgan fingerprint density at radius 3 is 2.40 bits per heavy atom. The number of aliphatic carboxylic acids is 2. The Morgan fingerprint density at radius 2 is 1.86 bits per heavy atom. The van der Waals surface area contributed by atoms with E-state index in [1.807, 2.05) is 6.21 Å². The Labute approximate surface area is 206 Å². The number of nitrogens with zero attached hydrogens (tertiary/aromatic N) is 2. The third kappa shape index (κ3) is 6.69. The summed E-state index contributed by atoms with van der Waals surface area (Å²) >= 11 is 0. The van der Waals surface area contributed by atoms with Crippen LogP contribution in [0.4, 0.5) is 0 Å². The second-order valence-electron chi connectivity index (χ2n) is 9.92. The van der Waals surface area contributed by atoms with Crippen molar-refractivity contribution in [1.29, 1.82) is 0 Å². The molecule has 0 aliphatic heterocycles. The topological polar surface area (TPSA) is 155 Å². The molecular weight excluding hydrogens is 450 g/mol. The van der Waals surface area contributed by atoms with Crippen molar-refractivity contribution in [2.45, 2.75) is 64.7 Å². The van der Waals surface area contributed by atoms with E-state index in [9.17, 15) is 14.8 Å². The fourth-order valence-corrected chi connectivity index (χ4v) is 5.50. The highest BCUT2D eigenvalue weighted by Crippen LogP contribution is 2.55. The van der Waals surface area contributed by atoms with Gasteiger partial charge in [-0.2, -0.15) is 0 Å². The van der Waals surface area contributed by atoms with Crippen molar-refractivity contribution >= 4 is 23.9 Å². The summed E-state index contributed by atoms with van der Waals surface area (Å²) in [5.41, 5.74) is 10.1. The Kier molecular flexibility index (Phi) is 9.59. The van der Waals surface area contributed by atoms with Crippen LogP contribution >= 0.6 is 0 Å². The van der Waals surface area contributed by atoms with E-state index in [1.54, 1.807) is 0 Å². The van der Waals surface area contributed by atoms with Gasteiger partial charge in [0.2, 0.25) is 0 Å². The average molecular weight is 488 g/mol. The van der Waals surface area contributed by atoms with Gasteiger partial charge in [0.05, 0.1) is 11.9 Å². The minimum absolute atomic E-state index is 0.0719. The zero-order chi connectivity index (χ0) is 26.2. The van der Waals surface area contributed by atoms with Gasteiger partial charge in [0.25, 0.3) is 0 Å². The lowest BCUT2D eigenvalue weighted by molar-refractivity contribution is -0.134. The maximum Gasteiger partial charge on any atom is 0.328 e. The highest BCUT2D eigenvalue weighted by Gasteiger charge is 2.54. The number of carbonyl (C=O) groups is 2. The third-order valence-electron chi connectivity index (χ3n) is 6.95. The minimum Gasteiger partial charge on any atom is -0.478 e. The van der Waals surface area contributed by atoms with Gasteiger partial charge >= 0.3 is 11.9 Å². The van der Waals surface area contributed by atoms with Crippen molar-refractivity contribution in [2.24, 2.45) is 27.4 Å². The molecule has 2 aliphatic carbocycles. The first-order valence-corrected chi connectivity index (χ1v) is 11.8. The van der Waals surface area contributed by atoms with Crippen LogP contribution in [-0.4, -0.2) is 52.4 Å². The van der Waals surface area contributed by atoms with Gasteiger partial charge in [-0.25, -0.2) is 9.59 Å². The quantitative estimate of drug-likeness (QED) is 0.149. The van der Waals surface area contributed by atoms with Crippen LogP contribution in [0.3, 0.4) is 0 Å². The normalized spacial score (nSPS) is 26.8. The molecule has 1 aromatic carbocycles. The summed E-state index contributed by atoms with van der Waals surface area (Å²) in [7, 11) is 0. The molecule has 2 aliphatic rings. The molecule has 0 radical (unpaired) electrons. The summed E-state index contributed by atoms with van der Waals surface area (Å²) in [5.74, 6) is -1.93. The van der Waals surface area contributed by atoms with Gasteiger partial charge in [-0.3, -0.25) is 0 Å². The Bertz CT molecular complexity index is 987. The SMILES string of the molecule is CC(C)c1ccc2c(c1)C/C(=N\O)C1[C@@](C)(/C=N/OCCN)CCC[C@]21C.O=C(O)/C=C/C(=O)O. The predicted octanol–water partition coefficient (Wildman–Crippen LogP) is 3.93. The molecule has 9 nitrogen and oxygen atoms in total. The maximum absolute atomic E-state index is 9.89. The highest BCUT2D eigenvalue weighted by atomic mass is 16.6. The molecule has 0 saturated heterocycles. The minimum atomic E-state index is -1.26. The van der Waals surface area contributed by atoms with Crippen molar-refractivity contribution in [1.82, 2.24) is 0 Å². The molecule has 3 atom stereocenters. The zero-order valence-electron chi connectivity index (χ0n) is 20.9. The van der Waals surface area contributed by atoms with Gasteiger partial charge in [-0.15, -0.1) is 0 Å². The van der Waals surface area contributed by atoms with E-state index < -0.39 is 11.9 Å². The van der Waals surface area contributed by atoms with Crippen molar-refractivity contribution < 1.29 is 29.8 Å². The second-order valence-corrected chi connectivity index (χ2v) is 9.92. The lowest BCUT2D eigenvalue weighted by Crippen LogP contribution is -2.54. The molecule has 1 unspecified atom stereocenters. The number of nitrogens with two attached hydrogens (primary N) is 1. The zero-order valence-corrected chi connectivity index (χ0v) is 20.9. The summed E-state index contributed by atoms with van der Waals surface area (Å²) in [5, 5.41) is 33.5. The van der Waals surface area contributed by atoms with E-state index in [4.69, 9.17) is 20.8 Å². The maximum atomic E-state index is 9.89. The molecule has 1 aromatic rings. The number of benzene rings is 1. The molecule has 1 fully saturated rings. The summed E-state index contributed by atoms with van der Waals surface area (Å²) in [4.78, 5) is 24.4. The van der Waals surface area contributed by atoms with E-state index >= 15 is 0 Å². The molecule has 192 valence electrons. The fraction of sp³-hybridized carbons (Fsp3) is 0.538. The molecule has 0 heterocycles. The van der Waals surface area contributed by atoms with Gasteiger partial charge in [-0.05, 0) is 35.4 Å². The second kappa shape index (κ2) is 12.0. The van der Waals surface area contributed by atoms with Gasteiger partial charge in [0, 0.05) is 41.9 Å². The van der Waals surface area contributed by atoms with Crippen LogP contribution in [0, 0.1) is 11.3 Å². The Balaban J connectivity index is 0.000000466. The highest BCUT2D eigenvalue weighted by molar-refractivity contribution is 5.95. The van der Waals surface area contributed by atoms with Crippen LogP contribution in [0.1, 0.15) is 69.6 Å². The van der Waals surface area contributed by atoms with E-state index in [1.165, 1.54) is 16.7 Å². The number of oxime groups is 2. The first kappa shape index (κ1) is 28.0. The fourth-order valence-electron chi connectivity index (χ4n) is 5.50. The van der Waals surface area contributed by atoms with Crippen LogP contribution in [0.15, 0.2) is 40.7 Å². The molecule has 3 rings (SSSR count). The Hall–Kier alpha value is -3.20. The van der Waals surface area contributed by atoms with Crippen molar-refractivity contribution in [3.05, 3.63) is 47.0 Å². The molecular formula is C26H37N3O6. The molecule has 35 heavy (non-hydrogen) atoms. The first-order chi connectivity index (χ1) is 16.5. The van der Waals surface area contributed by atoms with Crippen LogP contribution in [0.5, 0.6) is 0 Å². The molecule has 0 amide bonds. The number of fused-ring (bicyclic) bond motifs is 3. The van der Waals surface area contributed by atoms with Crippen LogP contribution in [-0.2, 0) is 26.3 Å². The number of hydrogen-bond donors (Lipinski definition) is 4. The van der Waals surface area contributed by atoms with Gasteiger partial charge < -0.3 is 26.0 Å². The molecule has 0 spiro atoms. The molecule has 0 aromatic heterocycles. The lowest BCUT2D eigenvalue weighted by Gasteiger charge is -2.54. The number of carboxylic acids is 2. The van der Waals surface area contributed by atoms with E-state index in [-0.39, 0.29) is 16.7 Å². The van der Waals surface area contributed by atoms with Gasteiger partial charge in [0.15, 0.2) is 0 Å². The summed E-state index contributed by atoms with van der Waals surface area (Å²) < 4.78 is 0. The standard InChI is InChI=1S/C22H33N3O2.C4H4O4/c1-15(2)16-6-7-18-17(12-16)13-19(25-26)20-21(3,14-24-27-11-10-23)8-5-9-22(18,20)4;5-3(6)1-2-4(7)8/h6-7,12,14-15,20,26H,5,8-11,13,23H2,1-4H3;1-2H,(H,5,6)(H,7,8)/b24-14+,25-19+;2-1+/t20?,21-,22-;/m1./s1. The van der Waals surface area contributed by atoms with E-state index in [0.29, 0.717) is 37.6 Å². The first-order valence-electron chi connectivity index (χ1n) is 11.8. The lowest BCUT2D eigenvalue weighted by atomic mass is 9.49. The average Bonchev–Trinajstić information content (AvgIpc) is 2.80. The molecule has 0 bridgehead atoms. The van der Waals surface area contributed by atoms with Crippen molar-refractivity contribution in [2.75, 3.05) is 13.2 Å². The van der Waals surface area contributed by atoms with E-state index in [2.05, 4.69) is 56.2 Å². The molecule has 9 heteroatoms. The van der Waals surface area contributed by atoms with E-state index in [0.717, 1.165) is 25.0 Å². The van der Waals surface area contributed by atoms with Gasteiger partial charge in [0.1, 0.15) is 6.61 Å². The summed E-state index contributed by atoms with van der Waals surface area (Å²) in [6.45, 7) is 9.82. The Morgan fingerprint density at radius 1 is 1.20 bits per heavy atom. The largest absolute Gasteiger partial charge is 0.478 e. The predicted molar refractivity (Wildman–Crippen MR) is 134 cm³/mol. The summed E-state index contributed by atoms with van der Waals surface area (Å²) in [6.07, 6.45) is 6.92. The van der Waals surface area contributed by atoms with Crippen LogP contribution in [0.25, 0.3) is 0 Å². The van der Waals surface area contributed by atoms with Crippen molar-refractivity contribution in [3.63, 3.8) is 0 Å². The number of carboxylic acid groups (broad SMARTS) is 2. The third-order valence-corrected chi connectivity index (χ3v) is 6.95. The van der Waals surface area contributed by atoms with Crippen LogP contribution < -0.4 is 5.73 Å². The smallest absolute Gasteiger partial charge is 0.328 e. The molecule has 1 saturated carbocycles. The molecule has 5 N–H and O–H groups in total. The van der Waals surface area contributed by atoms with Gasteiger partial charge in [-0.1, -0.05) is 62.6 Å². The van der Waals surface area contributed by atoms with Crippen molar-refractivity contribution in [3.8, 4) is 0 Å².